The third-order valence-electron chi connectivity index (χ3n) is 8.38. The highest BCUT2D eigenvalue weighted by Crippen LogP contribution is 2.11. The first kappa shape index (κ1) is 52.6. The van der Waals surface area contributed by atoms with Crippen molar-refractivity contribution in [2.24, 2.45) is 23.7 Å². The van der Waals surface area contributed by atoms with Crippen LogP contribution in [0.2, 0.25) is 0 Å². The zero-order valence-electron chi connectivity index (χ0n) is 30.4. The van der Waals surface area contributed by atoms with Crippen molar-refractivity contribution < 1.29 is 4.74 Å². The fourth-order valence-electron chi connectivity index (χ4n) is 6.42. The highest BCUT2D eigenvalue weighted by molar-refractivity contribution is 4.74. The van der Waals surface area contributed by atoms with E-state index in [-0.39, 0.29) is 29.7 Å². The van der Waals surface area contributed by atoms with Gasteiger partial charge in [0.1, 0.15) is 0 Å². The molecule has 284 valence electrons. The molecule has 0 aliphatic carbocycles. The second kappa shape index (κ2) is 32.0. The molecule has 46 heavy (non-hydrogen) atoms. The quantitative estimate of drug-likeness (QED) is 0.245. The molecule has 6 heteroatoms. The van der Waals surface area contributed by atoms with Crippen LogP contribution in [0.3, 0.4) is 0 Å². The molecule has 0 aromatic heterocycles. The van der Waals surface area contributed by atoms with Crippen molar-refractivity contribution in [1.29, 1.82) is 0 Å². The number of likely N-dealkylation sites (tertiary alicyclic amines) is 2. The maximum absolute atomic E-state index is 5.24. The van der Waals surface area contributed by atoms with E-state index in [4.69, 9.17) is 4.74 Å². The van der Waals surface area contributed by atoms with E-state index in [0.717, 1.165) is 56.0 Å². The minimum absolute atomic E-state index is 0. The van der Waals surface area contributed by atoms with Gasteiger partial charge in [0, 0.05) is 71.5 Å². The van der Waals surface area contributed by atoms with Crippen LogP contribution in [0.15, 0.2) is 0 Å². The molecule has 4 aliphatic rings. The van der Waals surface area contributed by atoms with Gasteiger partial charge in [0.25, 0.3) is 0 Å². The molecule has 0 radical (unpaired) electrons. The van der Waals surface area contributed by atoms with Gasteiger partial charge in [0.2, 0.25) is 0 Å². The fraction of sp³-hybridized carbons (Fsp3) is 1.00. The Balaban J connectivity index is -0.000000250. The summed E-state index contributed by atoms with van der Waals surface area (Å²) in [6, 6.07) is 0.723. The average Bonchev–Trinajstić information content (AvgIpc) is 3.43. The second-order valence-electron chi connectivity index (χ2n) is 15.3. The van der Waals surface area contributed by atoms with Gasteiger partial charge in [-0.3, -0.25) is 9.80 Å². The number of morpholine rings is 1. The first-order valence-corrected chi connectivity index (χ1v) is 18.2. The van der Waals surface area contributed by atoms with E-state index in [1.807, 2.05) is 0 Å². The van der Waals surface area contributed by atoms with Gasteiger partial charge in [0.05, 0.1) is 13.2 Å². The summed E-state index contributed by atoms with van der Waals surface area (Å²) in [4.78, 5) is 12.8. The molecule has 4 saturated heterocycles. The minimum atomic E-state index is 0. The lowest BCUT2D eigenvalue weighted by Gasteiger charge is -2.37. The third kappa shape index (κ3) is 28.7. The SMILES string of the molecule is C.C.C.C.CC(C)CN1CCCC1.CC(C)CN1CCCCC1.CC(C)CN1CCN(C(C)C)CC1.CC(C)CN1CCOCC1. The number of rotatable bonds is 9. The van der Waals surface area contributed by atoms with Crippen LogP contribution in [0.5, 0.6) is 0 Å². The molecular formula is C40H93N5O. The Morgan fingerprint density at radius 2 is 0.652 bits per heavy atom. The summed E-state index contributed by atoms with van der Waals surface area (Å²) in [5.41, 5.74) is 0. The molecule has 0 bridgehead atoms. The second-order valence-corrected chi connectivity index (χ2v) is 15.3. The Hall–Kier alpha value is -0.240. The Morgan fingerprint density at radius 1 is 0.370 bits per heavy atom. The Bertz CT molecular complexity index is 562. The average molecular weight is 660 g/mol. The monoisotopic (exact) mass is 660 g/mol. The number of piperidine rings is 1. The molecule has 0 unspecified atom stereocenters. The van der Waals surface area contributed by atoms with Crippen LogP contribution in [-0.4, -0.2) is 135 Å². The molecule has 0 saturated carbocycles. The summed E-state index contributed by atoms with van der Waals surface area (Å²) >= 11 is 0. The number of hydrogen-bond acceptors (Lipinski definition) is 6. The lowest BCUT2D eigenvalue weighted by atomic mass is 10.1. The van der Waals surface area contributed by atoms with Gasteiger partial charge in [-0.25, -0.2) is 0 Å². The Kier molecular flexibility index (Phi) is 36.6. The van der Waals surface area contributed by atoms with Crippen LogP contribution in [0.1, 0.15) is 131 Å². The molecule has 0 aromatic rings. The molecule has 4 fully saturated rings. The normalized spacial score (nSPS) is 19.9. The van der Waals surface area contributed by atoms with E-state index < -0.39 is 0 Å². The van der Waals surface area contributed by atoms with Gasteiger partial charge in [-0.2, -0.15) is 0 Å². The summed E-state index contributed by atoms with van der Waals surface area (Å²) in [6.45, 7) is 42.5. The van der Waals surface area contributed by atoms with E-state index in [9.17, 15) is 0 Å². The van der Waals surface area contributed by atoms with E-state index in [2.05, 4.69) is 93.7 Å². The van der Waals surface area contributed by atoms with Crippen molar-refractivity contribution >= 4 is 0 Å². The number of nitrogens with zero attached hydrogens (tertiary/aromatic N) is 5. The van der Waals surface area contributed by atoms with Gasteiger partial charge in [0.15, 0.2) is 0 Å². The van der Waals surface area contributed by atoms with Gasteiger partial charge in [-0.1, -0.05) is 91.5 Å². The summed E-state index contributed by atoms with van der Waals surface area (Å²) < 4.78 is 5.24. The van der Waals surface area contributed by atoms with Gasteiger partial charge in [-0.15, -0.1) is 0 Å². The molecule has 0 spiro atoms. The first-order valence-electron chi connectivity index (χ1n) is 18.2. The van der Waals surface area contributed by atoms with E-state index >= 15 is 0 Å². The number of piperazine rings is 1. The summed E-state index contributed by atoms with van der Waals surface area (Å²) in [6.07, 6.45) is 7.15. The fourth-order valence-corrected chi connectivity index (χ4v) is 6.42. The molecule has 6 nitrogen and oxygen atoms in total. The molecule has 0 aromatic carbocycles. The molecule has 0 atom stereocenters. The maximum atomic E-state index is 5.24. The summed E-state index contributed by atoms with van der Waals surface area (Å²) in [5, 5.41) is 0. The minimum Gasteiger partial charge on any atom is -0.379 e. The van der Waals surface area contributed by atoms with E-state index in [1.54, 1.807) is 0 Å². The van der Waals surface area contributed by atoms with Crippen molar-refractivity contribution in [3.8, 4) is 0 Å². The Labute approximate surface area is 294 Å². The van der Waals surface area contributed by atoms with Crippen LogP contribution in [0.25, 0.3) is 0 Å². The predicted molar refractivity (Wildman–Crippen MR) is 213 cm³/mol. The molecule has 4 aliphatic heterocycles. The largest absolute Gasteiger partial charge is 0.379 e. The van der Waals surface area contributed by atoms with Gasteiger partial charge in [-0.05, 0) is 89.4 Å². The maximum Gasteiger partial charge on any atom is 0.0594 e. The van der Waals surface area contributed by atoms with Gasteiger partial charge < -0.3 is 19.4 Å². The molecule has 4 heterocycles. The number of hydrogen-bond donors (Lipinski definition) is 0. The van der Waals surface area contributed by atoms with Crippen molar-refractivity contribution in [2.75, 3.05) is 105 Å². The number of ether oxygens (including phenoxy) is 1. The molecule has 0 amide bonds. The van der Waals surface area contributed by atoms with Crippen LogP contribution in [0.4, 0.5) is 0 Å². The molecule has 0 N–H and O–H groups in total. The van der Waals surface area contributed by atoms with Crippen LogP contribution < -0.4 is 0 Å². The van der Waals surface area contributed by atoms with Crippen molar-refractivity contribution in [3.63, 3.8) is 0 Å². The standard InChI is InChI=1S/C11H24N2.C9H19N.C8H17NO.C8H17N.4CH4/c1-10(2)9-12-5-7-13(8-6-12)11(3)4;1-9(2)8-10-6-4-3-5-7-10;1-8(2)7-9-3-5-10-6-4-9;1-8(2)7-9-5-3-4-6-9;;;;/h10-11H,5-9H2,1-4H3;9H,3-8H2,1-2H3;8H,3-7H2,1-2H3;8H,3-7H2,1-2H3;4*1H4. The zero-order valence-corrected chi connectivity index (χ0v) is 30.4. The van der Waals surface area contributed by atoms with Crippen LogP contribution >= 0.6 is 0 Å². The molecule has 4 rings (SSSR count). The lowest BCUT2D eigenvalue weighted by molar-refractivity contribution is 0.0329. The van der Waals surface area contributed by atoms with Crippen molar-refractivity contribution in [2.45, 2.75) is 137 Å². The summed E-state index contributed by atoms with van der Waals surface area (Å²) in [5.74, 6) is 3.30. The predicted octanol–water partition coefficient (Wildman–Crippen LogP) is 9.05. The smallest absolute Gasteiger partial charge is 0.0594 e. The highest BCUT2D eigenvalue weighted by atomic mass is 16.5. The Morgan fingerprint density at radius 3 is 0.957 bits per heavy atom. The lowest BCUT2D eigenvalue weighted by Crippen LogP contribution is -2.49. The third-order valence-corrected chi connectivity index (χ3v) is 8.38. The van der Waals surface area contributed by atoms with E-state index in [1.165, 1.54) is 111 Å². The van der Waals surface area contributed by atoms with Crippen LogP contribution in [0, 0.1) is 23.7 Å². The molecular weight excluding hydrogens is 566 g/mol. The zero-order chi connectivity index (χ0) is 31.3. The first-order chi connectivity index (χ1) is 20.0. The van der Waals surface area contributed by atoms with Gasteiger partial charge >= 0.3 is 0 Å². The van der Waals surface area contributed by atoms with Crippen LogP contribution in [-0.2, 0) is 4.74 Å². The van der Waals surface area contributed by atoms with Crippen molar-refractivity contribution in [3.05, 3.63) is 0 Å². The van der Waals surface area contributed by atoms with Crippen molar-refractivity contribution in [1.82, 2.24) is 24.5 Å². The topological polar surface area (TPSA) is 25.4 Å². The van der Waals surface area contributed by atoms with E-state index in [0.29, 0.717) is 0 Å². The highest BCUT2D eigenvalue weighted by Gasteiger charge is 2.19. The summed E-state index contributed by atoms with van der Waals surface area (Å²) in [7, 11) is 0.